The van der Waals surface area contributed by atoms with Gasteiger partial charge in [-0.15, -0.1) is 0 Å². The maximum atomic E-state index is 9.29. The van der Waals surface area contributed by atoms with Crippen LogP contribution in [0, 0.1) is 0 Å². The minimum absolute atomic E-state index is 0.225. The highest BCUT2D eigenvalue weighted by atomic mass is 16.5. The van der Waals surface area contributed by atoms with Gasteiger partial charge >= 0.3 is 0 Å². The summed E-state index contributed by atoms with van der Waals surface area (Å²) in [5.41, 5.74) is 4.59. The van der Waals surface area contributed by atoms with E-state index in [-0.39, 0.29) is 5.75 Å². The number of nitrogens with one attached hydrogen (secondary N) is 1. The Bertz CT molecular complexity index is 536. The second-order valence-corrected chi connectivity index (χ2v) is 3.69. The topological polar surface area (TPSA) is 53.8 Å². The van der Waals surface area contributed by atoms with E-state index in [0.29, 0.717) is 0 Å². The van der Waals surface area contributed by atoms with E-state index >= 15 is 0 Å². The molecule has 18 heavy (non-hydrogen) atoms. The first kappa shape index (κ1) is 12.0. The Hall–Kier alpha value is -2.49. The normalized spacial score (nSPS) is 10.5. The first-order valence-corrected chi connectivity index (χ1v) is 5.50. The minimum Gasteiger partial charge on any atom is -0.508 e. The highest BCUT2D eigenvalue weighted by Crippen LogP contribution is 2.15. The average molecular weight is 242 g/mol. The molecule has 0 aliphatic heterocycles. The molecule has 2 aromatic rings. The first-order chi connectivity index (χ1) is 8.78. The highest BCUT2D eigenvalue weighted by Gasteiger charge is 1.92. The third kappa shape index (κ3) is 3.25. The molecule has 4 nitrogen and oxygen atoms in total. The van der Waals surface area contributed by atoms with Gasteiger partial charge in [0.1, 0.15) is 11.5 Å². The van der Waals surface area contributed by atoms with Gasteiger partial charge in [-0.05, 0) is 42.0 Å². The lowest BCUT2D eigenvalue weighted by molar-refractivity contribution is 0.415. The van der Waals surface area contributed by atoms with Crippen LogP contribution < -0.4 is 10.2 Å². The number of aromatic hydroxyl groups is 1. The zero-order valence-corrected chi connectivity index (χ0v) is 10.00. The van der Waals surface area contributed by atoms with Crippen LogP contribution in [0.4, 0.5) is 5.69 Å². The summed E-state index contributed by atoms with van der Waals surface area (Å²) in [6.45, 7) is 0. The van der Waals surface area contributed by atoms with Crippen LogP contribution in [0.5, 0.6) is 11.5 Å². The molecule has 0 atom stereocenters. The van der Waals surface area contributed by atoms with Gasteiger partial charge in [0.05, 0.1) is 19.0 Å². The number of ether oxygens (including phenoxy) is 1. The van der Waals surface area contributed by atoms with E-state index in [4.69, 9.17) is 4.74 Å². The molecule has 2 aromatic carbocycles. The van der Waals surface area contributed by atoms with Gasteiger partial charge in [-0.1, -0.05) is 12.1 Å². The second-order valence-electron chi connectivity index (χ2n) is 3.69. The van der Waals surface area contributed by atoms with E-state index < -0.39 is 0 Å². The molecular formula is C14H14N2O2. The summed E-state index contributed by atoms with van der Waals surface area (Å²) >= 11 is 0. The highest BCUT2D eigenvalue weighted by molar-refractivity contribution is 5.80. The number of methoxy groups -OCH3 is 1. The lowest BCUT2D eigenvalue weighted by Crippen LogP contribution is -1.90. The van der Waals surface area contributed by atoms with Crippen LogP contribution in [0.3, 0.4) is 0 Å². The molecule has 0 fully saturated rings. The molecule has 0 spiro atoms. The second kappa shape index (κ2) is 5.72. The van der Waals surface area contributed by atoms with E-state index in [0.717, 1.165) is 17.0 Å². The molecule has 0 radical (unpaired) electrons. The quantitative estimate of drug-likeness (QED) is 0.640. The molecule has 0 amide bonds. The van der Waals surface area contributed by atoms with E-state index in [1.807, 2.05) is 30.3 Å². The number of benzene rings is 2. The number of hydrazone groups is 1. The summed E-state index contributed by atoms with van der Waals surface area (Å²) in [7, 11) is 1.63. The van der Waals surface area contributed by atoms with Crippen molar-refractivity contribution in [2.24, 2.45) is 5.10 Å². The van der Waals surface area contributed by atoms with Gasteiger partial charge in [-0.25, -0.2) is 0 Å². The van der Waals surface area contributed by atoms with Crippen LogP contribution in [0.2, 0.25) is 0 Å². The monoisotopic (exact) mass is 242 g/mol. The molecule has 0 saturated heterocycles. The number of hydrogen-bond donors (Lipinski definition) is 2. The molecule has 4 heteroatoms. The Kier molecular flexibility index (Phi) is 3.81. The van der Waals surface area contributed by atoms with E-state index in [9.17, 15) is 5.11 Å². The third-order valence-electron chi connectivity index (χ3n) is 2.37. The fourth-order valence-electron chi connectivity index (χ4n) is 1.45. The lowest BCUT2D eigenvalue weighted by atomic mass is 10.2. The molecule has 2 rings (SSSR count). The average Bonchev–Trinajstić information content (AvgIpc) is 2.40. The Labute approximate surface area is 106 Å². The van der Waals surface area contributed by atoms with Crippen molar-refractivity contribution < 1.29 is 9.84 Å². The largest absolute Gasteiger partial charge is 0.508 e. The number of phenolic OH excluding ortho intramolecular Hbond substituents is 1. The summed E-state index contributed by atoms with van der Waals surface area (Å²) in [6, 6.07) is 14.3. The van der Waals surface area contributed by atoms with Crippen LogP contribution in [0.25, 0.3) is 0 Å². The number of rotatable bonds is 4. The summed E-state index contributed by atoms with van der Waals surface area (Å²) in [4.78, 5) is 0. The van der Waals surface area contributed by atoms with Crippen LogP contribution >= 0.6 is 0 Å². The van der Waals surface area contributed by atoms with Gasteiger partial charge in [0.15, 0.2) is 0 Å². The van der Waals surface area contributed by atoms with Crippen LogP contribution in [-0.2, 0) is 0 Å². The molecule has 0 heterocycles. The van der Waals surface area contributed by atoms with E-state index in [1.54, 1.807) is 31.5 Å². The molecule has 2 N–H and O–H groups in total. The number of hydrogen-bond acceptors (Lipinski definition) is 4. The minimum atomic E-state index is 0.225. The van der Waals surface area contributed by atoms with Gasteiger partial charge in [0.2, 0.25) is 0 Å². The van der Waals surface area contributed by atoms with Crippen molar-refractivity contribution in [1.29, 1.82) is 0 Å². The van der Waals surface area contributed by atoms with Gasteiger partial charge in [0, 0.05) is 0 Å². The third-order valence-corrected chi connectivity index (χ3v) is 2.37. The van der Waals surface area contributed by atoms with E-state index in [1.165, 1.54) is 0 Å². The fourth-order valence-corrected chi connectivity index (χ4v) is 1.45. The molecule has 0 aromatic heterocycles. The van der Waals surface area contributed by atoms with Gasteiger partial charge in [0.25, 0.3) is 0 Å². The number of phenols is 1. The van der Waals surface area contributed by atoms with Crippen molar-refractivity contribution in [3.05, 3.63) is 54.1 Å². The summed E-state index contributed by atoms with van der Waals surface area (Å²) in [5.74, 6) is 1.03. The summed E-state index contributed by atoms with van der Waals surface area (Å²) in [6.07, 6.45) is 1.64. The standard InChI is InChI=1S/C14H14N2O2/c1-18-14-7-5-12(6-8-14)16-15-10-11-3-2-4-13(17)9-11/h2-10,16-17H,1H3/b15-10+. The fraction of sp³-hybridized carbons (Fsp3) is 0.0714. The maximum absolute atomic E-state index is 9.29. The smallest absolute Gasteiger partial charge is 0.119 e. The zero-order valence-electron chi connectivity index (χ0n) is 10.00. The van der Waals surface area contributed by atoms with Crippen LogP contribution in [0.1, 0.15) is 5.56 Å². The van der Waals surface area contributed by atoms with Gasteiger partial charge in [-0.2, -0.15) is 5.10 Å². The SMILES string of the molecule is COc1ccc(N/N=C/c2cccc(O)c2)cc1. The lowest BCUT2D eigenvalue weighted by Gasteiger charge is -2.02. The molecule has 0 saturated carbocycles. The Morgan fingerprint density at radius 3 is 2.61 bits per heavy atom. The predicted molar refractivity (Wildman–Crippen MR) is 72.3 cm³/mol. The molecular weight excluding hydrogens is 228 g/mol. The van der Waals surface area contributed by atoms with Crippen molar-refractivity contribution >= 4 is 11.9 Å². The Balaban J connectivity index is 1.98. The Morgan fingerprint density at radius 1 is 1.17 bits per heavy atom. The van der Waals surface area contributed by atoms with Gasteiger partial charge in [-0.3, -0.25) is 5.43 Å². The number of anilines is 1. The summed E-state index contributed by atoms with van der Waals surface area (Å²) < 4.78 is 5.06. The maximum Gasteiger partial charge on any atom is 0.119 e. The molecule has 0 aliphatic rings. The van der Waals surface area contributed by atoms with Crippen molar-refractivity contribution in [3.63, 3.8) is 0 Å². The summed E-state index contributed by atoms with van der Waals surface area (Å²) in [5, 5.41) is 13.4. The Morgan fingerprint density at radius 2 is 1.94 bits per heavy atom. The van der Waals surface area contributed by atoms with Crippen molar-refractivity contribution in [3.8, 4) is 11.5 Å². The molecule has 0 aliphatic carbocycles. The van der Waals surface area contributed by atoms with Crippen molar-refractivity contribution in [1.82, 2.24) is 0 Å². The first-order valence-electron chi connectivity index (χ1n) is 5.50. The van der Waals surface area contributed by atoms with Crippen LogP contribution in [0.15, 0.2) is 53.6 Å². The number of nitrogens with zero attached hydrogens (tertiary/aromatic N) is 1. The van der Waals surface area contributed by atoms with Crippen LogP contribution in [-0.4, -0.2) is 18.4 Å². The zero-order chi connectivity index (χ0) is 12.8. The molecule has 0 bridgehead atoms. The predicted octanol–water partition coefficient (Wildman–Crippen LogP) is 2.85. The van der Waals surface area contributed by atoms with E-state index in [2.05, 4.69) is 10.5 Å². The molecule has 92 valence electrons. The van der Waals surface area contributed by atoms with Gasteiger partial charge < -0.3 is 9.84 Å². The van der Waals surface area contributed by atoms with Crippen molar-refractivity contribution in [2.75, 3.05) is 12.5 Å². The van der Waals surface area contributed by atoms with Crippen molar-refractivity contribution in [2.45, 2.75) is 0 Å². The molecule has 0 unspecified atom stereocenters.